The quantitative estimate of drug-likeness (QED) is 0.524. The Bertz CT molecular complexity index is 1130. The monoisotopic (exact) mass is 422 g/mol. The molecule has 4 aromatic rings. The molecule has 30 heavy (non-hydrogen) atoms. The Balaban J connectivity index is 1.39. The zero-order chi connectivity index (χ0) is 20.5. The summed E-state index contributed by atoms with van der Waals surface area (Å²) in [5, 5.41) is 17.7. The van der Waals surface area contributed by atoms with Gasteiger partial charge in [-0.2, -0.15) is 5.10 Å². The number of hydrogen-bond donors (Lipinski definition) is 1. The third-order valence-corrected chi connectivity index (χ3v) is 5.77. The molecule has 1 aromatic carbocycles. The van der Waals surface area contributed by atoms with Gasteiger partial charge in [0.1, 0.15) is 29.1 Å². The molecule has 0 spiro atoms. The zero-order valence-corrected chi connectivity index (χ0v) is 17.6. The van der Waals surface area contributed by atoms with E-state index in [1.165, 1.54) is 0 Å². The van der Waals surface area contributed by atoms with Crippen molar-refractivity contribution in [3.63, 3.8) is 0 Å². The van der Waals surface area contributed by atoms with Crippen LogP contribution in [-0.2, 0) is 0 Å². The van der Waals surface area contributed by atoms with Crippen LogP contribution < -0.4 is 14.5 Å². The number of H-pyrrole nitrogens is 1. The lowest BCUT2D eigenvalue weighted by atomic mass is 10.1. The number of anilines is 2. The number of nitrogens with one attached hydrogen (secondary N) is 1. The molecular weight excluding hydrogens is 400 g/mol. The molecule has 1 aliphatic heterocycles. The predicted molar refractivity (Wildman–Crippen MR) is 117 cm³/mol. The van der Waals surface area contributed by atoms with Crippen LogP contribution in [0.2, 0.25) is 0 Å². The standard InChI is InChI=1S/C20H22N8OS/c1-13(2)29-14-3-4-16-15(9-14)19(25-24-16)17-10-18(22-11-21-17)27-5-7-28(8-6-27)20-26-23-12-30-20/h3-4,9-13H,5-8H2,1-2H3,(H,24,25). The number of ether oxygens (including phenoxy) is 1. The van der Waals surface area contributed by atoms with Crippen LogP contribution in [0.5, 0.6) is 5.75 Å². The SMILES string of the molecule is CC(C)Oc1ccc2[nH]nc(-c3cc(N4CCN(c5nncs5)CC4)ncn3)c2c1. The second-order valence-corrected chi connectivity index (χ2v) is 8.21. The maximum atomic E-state index is 5.85. The smallest absolute Gasteiger partial charge is 0.208 e. The second-order valence-electron chi connectivity index (χ2n) is 7.40. The molecule has 3 aromatic heterocycles. The minimum Gasteiger partial charge on any atom is -0.491 e. The van der Waals surface area contributed by atoms with Crippen LogP contribution in [0.4, 0.5) is 10.9 Å². The summed E-state index contributed by atoms with van der Waals surface area (Å²) in [6.07, 6.45) is 1.72. The highest BCUT2D eigenvalue weighted by Gasteiger charge is 2.21. The first-order valence-corrected chi connectivity index (χ1v) is 10.8. The van der Waals surface area contributed by atoms with E-state index in [4.69, 9.17) is 4.74 Å². The van der Waals surface area contributed by atoms with Crippen molar-refractivity contribution in [1.29, 1.82) is 0 Å². The van der Waals surface area contributed by atoms with Gasteiger partial charge in [-0.3, -0.25) is 5.10 Å². The van der Waals surface area contributed by atoms with Crippen LogP contribution in [0, 0.1) is 0 Å². The molecule has 0 atom stereocenters. The molecule has 0 aliphatic carbocycles. The molecule has 1 aliphatic rings. The van der Waals surface area contributed by atoms with E-state index in [0.717, 1.165) is 65.2 Å². The van der Waals surface area contributed by atoms with Crippen molar-refractivity contribution in [1.82, 2.24) is 30.4 Å². The fourth-order valence-corrected chi connectivity index (χ4v) is 4.23. The van der Waals surface area contributed by atoms with Crippen LogP contribution >= 0.6 is 11.3 Å². The topological polar surface area (TPSA) is 96.0 Å². The fourth-order valence-electron chi connectivity index (χ4n) is 3.62. The third kappa shape index (κ3) is 3.65. The van der Waals surface area contributed by atoms with E-state index < -0.39 is 0 Å². The molecule has 1 N–H and O–H groups in total. The summed E-state index contributed by atoms with van der Waals surface area (Å²) in [4.78, 5) is 13.5. The van der Waals surface area contributed by atoms with Crippen molar-refractivity contribution in [3.05, 3.63) is 36.1 Å². The van der Waals surface area contributed by atoms with Gasteiger partial charge < -0.3 is 14.5 Å². The first-order valence-electron chi connectivity index (χ1n) is 9.90. The average molecular weight is 423 g/mol. The van der Waals surface area contributed by atoms with Crippen LogP contribution in [0.1, 0.15) is 13.8 Å². The molecule has 1 fully saturated rings. The Hall–Kier alpha value is -3.27. The Morgan fingerprint density at radius 1 is 1.07 bits per heavy atom. The number of piperazine rings is 1. The summed E-state index contributed by atoms with van der Waals surface area (Å²) in [5.74, 6) is 1.73. The largest absolute Gasteiger partial charge is 0.491 e. The molecule has 0 amide bonds. The minimum absolute atomic E-state index is 0.113. The molecule has 0 bridgehead atoms. The summed E-state index contributed by atoms with van der Waals surface area (Å²) in [5.41, 5.74) is 4.31. The van der Waals surface area contributed by atoms with Crippen LogP contribution in [0.25, 0.3) is 22.3 Å². The Morgan fingerprint density at radius 3 is 2.67 bits per heavy atom. The molecular formula is C20H22N8OS. The number of benzene rings is 1. The summed E-state index contributed by atoms with van der Waals surface area (Å²) >= 11 is 1.57. The second kappa shape index (κ2) is 7.86. The molecule has 0 radical (unpaired) electrons. The highest BCUT2D eigenvalue weighted by atomic mass is 32.1. The summed E-state index contributed by atoms with van der Waals surface area (Å²) < 4.78 is 5.85. The van der Waals surface area contributed by atoms with Crippen LogP contribution in [0.3, 0.4) is 0 Å². The van der Waals surface area contributed by atoms with Gasteiger partial charge in [-0.25, -0.2) is 9.97 Å². The van der Waals surface area contributed by atoms with Gasteiger partial charge in [0.25, 0.3) is 0 Å². The van der Waals surface area contributed by atoms with Gasteiger partial charge >= 0.3 is 0 Å². The zero-order valence-electron chi connectivity index (χ0n) is 16.8. The van der Waals surface area contributed by atoms with E-state index in [-0.39, 0.29) is 6.10 Å². The summed E-state index contributed by atoms with van der Waals surface area (Å²) in [6.45, 7) is 7.53. The van der Waals surface area contributed by atoms with Crippen molar-refractivity contribution in [2.45, 2.75) is 20.0 Å². The maximum absolute atomic E-state index is 5.85. The highest BCUT2D eigenvalue weighted by molar-refractivity contribution is 7.13. The van der Waals surface area contributed by atoms with E-state index >= 15 is 0 Å². The van der Waals surface area contributed by atoms with E-state index in [1.54, 1.807) is 23.2 Å². The average Bonchev–Trinajstić information content (AvgIpc) is 3.44. The van der Waals surface area contributed by atoms with Gasteiger partial charge in [0, 0.05) is 37.6 Å². The number of aromatic nitrogens is 6. The van der Waals surface area contributed by atoms with E-state index in [0.29, 0.717) is 0 Å². The lowest BCUT2D eigenvalue weighted by molar-refractivity contribution is 0.243. The van der Waals surface area contributed by atoms with Crippen molar-refractivity contribution in [2.75, 3.05) is 36.0 Å². The molecule has 0 unspecified atom stereocenters. The van der Waals surface area contributed by atoms with Gasteiger partial charge in [0.2, 0.25) is 5.13 Å². The Morgan fingerprint density at radius 2 is 1.90 bits per heavy atom. The first kappa shape index (κ1) is 18.7. The summed E-state index contributed by atoms with van der Waals surface area (Å²) in [7, 11) is 0. The number of hydrogen-bond acceptors (Lipinski definition) is 9. The van der Waals surface area contributed by atoms with Gasteiger partial charge in [0.05, 0.1) is 17.3 Å². The van der Waals surface area contributed by atoms with Gasteiger partial charge in [0.15, 0.2) is 0 Å². The van der Waals surface area contributed by atoms with Gasteiger partial charge in [-0.1, -0.05) is 11.3 Å². The van der Waals surface area contributed by atoms with Crippen LogP contribution in [0.15, 0.2) is 36.1 Å². The molecule has 0 saturated carbocycles. The fraction of sp³-hybridized carbons (Fsp3) is 0.350. The van der Waals surface area contributed by atoms with Crippen molar-refractivity contribution in [3.8, 4) is 17.1 Å². The third-order valence-electron chi connectivity index (χ3n) is 5.02. The summed E-state index contributed by atoms with van der Waals surface area (Å²) in [6, 6.07) is 7.95. The lowest BCUT2D eigenvalue weighted by Gasteiger charge is -2.34. The molecule has 10 heteroatoms. The van der Waals surface area contributed by atoms with Crippen molar-refractivity contribution >= 4 is 33.2 Å². The van der Waals surface area contributed by atoms with Gasteiger partial charge in [-0.05, 0) is 32.0 Å². The van der Waals surface area contributed by atoms with Crippen molar-refractivity contribution < 1.29 is 4.74 Å². The minimum atomic E-state index is 0.113. The predicted octanol–water partition coefficient (Wildman–Crippen LogP) is 2.99. The lowest BCUT2D eigenvalue weighted by Crippen LogP contribution is -2.46. The maximum Gasteiger partial charge on any atom is 0.208 e. The molecule has 1 saturated heterocycles. The molecule has 4 heterocycles. The number of aromatic amines is 1. The van der Waals surface area contributed by atoms with Crippen molar-refractivity contribution in [2.24, 2.45) is 0 Å². The highest BCUT2D eigenvalue weighted by Crippen LogP contribution is 2.30. The van der Waals surface area contributed by atoms with E-state index in [9.17, 15) is 0 Å². The molecule has 5 rings (SSSR count). The molecule has 154 valence electrons. The number of fused-ring (bicyclic) bond motifs is 1. The normalized spacial score (nSPS) is 14.6. The number of rotatable bonds is 5. The van der Waals surface area contributed by atoms with E-state index in [2.05, 4.69) is 40.2 Å². The van der Waals surface area contributed by atoms with E-state index in [1.807, 2.05) is 38.1 Å². The number of nitrogens with zero attached hydrogens (tertiary/aromatic N) is 7. The van der Waals surface area contributed by atoms with Crippen LogP contribution in [-0.4, -0.2) is 62.6 Å². The Kier molecular flexibility index (Phi) is 4.91. The molecule has 9 nitrogen and oxygen atoms in total. The Labute approximate surface area is 177 Å². The van der Waals surface area contributed by atoms with Gasteiger partial charge in [-0.15, -0.1) is 10.2 Å². The first-order chi connectivity index (χ1) is 14.7.